The number of hydrogen-bond acceptors (Lipinski definition) is 7. The Bertz CT molecular complexity index is 1450. The SMILES string of the molecule is CC[C@H](c1nnnn1C(C)(C)C)N(Cc1ccc2c(c1)OCO2)Cc1cc2cc(C)ccc2[nH]c1=O. The normalized spacial score (nSPS) is 14.1. The maximum atomic E-state index is 13.1. The lowest BCUT2D eigenvalue weighted by Crippen LogP contribution is -2.35. The number of benzene rings is 2. The molecule has 36 heavy (non-hydrogen) atoms. The first-order valence-electron chi connectivity index (χ1n) is 12.3. The van der Waals surface area contributed by atoms with Gasteiger partial charge in [-0.15, -0.1) is 5.10 Å². The Morgan fingerprint density at radius 2 is 1.89 bits per heavy atom. The lowest BCUT2D eigenvalue weighted by atomic mass is 10.0. The van der Waals surface area contributed by atoms with Crippen LogP contribution in [0.5, 0.6) is 11.5 Å². The van der Waals surface area contributed by atoms with Gasteiger partial charge in [-0.2, -0.15) is 0 Å². The van der Waals surface area contributed by atoms with Crippen LogP contribution in [0.25, 0.3) is 10.9 Å². The second-order valence-electron chi connectivity index (χ2n) is 10.4. The smallest absolute Gasteiger partial charge is 0.252 e. The van der Waals surface area contributed by atoms with Crippen molar-refractivity contribution in [1.29, 1.82) is 0 Å². The predicted molar refractivity (Wildman–Crippen MR) is 137 cm³/mol. The van der Waals surface area contributed by atoms with Gasteiger partial charge in [0.2, 0.25) is 6.79 Å². The number of aromatic amines is 1. The molecule has 0 unspecified atom stereocenters. The van der Waals surface area contributed by atoms with E-state index >= 15 is 0 Å². The van der Waals surface area contributed by atoms with Crippen LogP contribution in [-0.4, -0.2) is 36.9 Å². The summed E-state index contributed by atoms with van der Waals surface area (Å²) in [6.07, 6.45) is 0.769. The molecule has 1 atom stereocenters. The molecule has 0 saturated carbocycles. The van der Waals surface area contributed by atoms with E-state index in [1.54, 1.807) is 0 Å². The lowest BCUT2D eigenvalue weighted by molar-refractivity contribution is 0.153. The number of rotatable bonds is 7. The van der Waals surface area contributed by atoms with Crippen molar-refractivity contribution in [2.24, 2.45) is 0 Å². The summed E-state index contributed by atoms with van der Waals surface area (Å²) in [5, 5.41) is 13.7. The number of fused-ring (bicyclic) bond motifs is 2. The average molecular weight is 489 g/mol. The first kappa shape index (κ1) is 24.0. The van der Waals surface area contributed by atoms with Crippen molar-refractivity contribution in [3.63, 3.8) is 0 Å². The van der Waals surface area contributed by atoms with Gasteiger partial charge in [-0.05, 0) is 85.8 Å². The highest BCUT2D eigenvalue weighted by molar-refractivity contribution is 5.79. The van der Waals surface area contributed by atoms with E-state index < -0.39 is 0 Å². The zero-order valence-corrected chi connectivity index (χ0v) is 21.4. The molecule has 0 amide bonds. The summed E-state index contributed by atoms with van der Waals surface area (Å²) in [6, 6.07) is 13.9. The zero-order chi connectivity index (χ0) is 25.4. The molecule has 2 aromatic carbocycles. The van der Waals surface area contributed by atoms with Crippen molar-refractivity contribution in [2.45, 2.75) is 65.7 Å². The van der Waals surface area contributed by atoms with Crippen LogP contribution in [0.2, 0.25) is 0 Å². The molecule has 0 fully saturated rings. The number of H-pyrrole nitrogens is 1. The van der Waals surface area contributed by atoms with Gasteiger partial charge in [-0.25, -0.2) is 4.68 Å². The Kier molecular flexibility index (Phi) is 6.26. The topological polar surface area (TPSA) is 98.2 Å². The van der Waals surface area contributed by atoms with E-state index in [2.05, 4.69) is 66.1 Å². The first-order chi connectivity index (χ1) is 17.2. The average Bonchev–Trinajstić information content (AvgIpc) is 3.50. The van der Waals surface area contributed by atoms with Crippen LogP contribution < -0.4 is 15.0 Å². The fourth-order valence-electron chi connectivity index (χ4n) is 4.74. The van der Waals surface area contributed by atoms with Gasteiger partial charge < -0.3 is 14.5 Å². The number of nitrogens with zero attached hydrogens (tertiary/aromatic N) is 5. The molecule has 2 aromatic heterocycles. The molecule has 5 rings (SSSR count). The van der Waals surface area contributed by atoms with Gasteiger partial charge in [0.25, 0.3) is 5.56 Å². The summed E-state index contributed by atoms with van der Waals surface area (Å²) in [5.41, 5.74) is 3.36. The number of pyridine rings is 1. The van der Waals surface area contributed by atoms with E-state index in [0.29, 0.717) is 18.7 Å². The number of tetrazole rings is 1. The number of aromatic nitrogens is 5. The molecular formula is C27H32N6O3. The largest absolute Gasteiger partial charge is 0.454 e. The van der Waals surface area contributed by atoms with E-state index in [9.17, 15) is 4.79 Å². The van der Waals surface area contributed by atoms with Crippen LogP contribution in [0.3, 0.4) is 0 Å². The summed E-state index contributed by atoms with van der Waals surface area (Å²) >= 11 is 0. The van der Waals surface area contributed by atoms with Crippen LogP contribution in [0.15, 0.2) is 47.3 Å². The van der Waals surface area contributed by atoms with Gasteiger partial charge in [0, 0.05) is 24.2 Å². The van der Waals surface area contributed by atoms with Crippen LogP contribution >= 0.6 is 0 Å². The van der Waals surface area contributed by atoms with Gasteiger partial charge in [0.15, 0.2) is 17.3 Å². The maximum absolute atomic E-state index is 13.1. The number of ether oxygens (including phenoxy) is 2. The maximum Gasteiger partial charge on any atom is 0.252 e. The van der Waals surface area contributed by atoms with Crippen LogP contribution in [-0.2, 0) is 18.6 Å². The molecule has 0 spiro atoms. The van der Waals surface area contributed by atoms with Crippen molar-refractivity contribution in [1.82, 2.24) is 30.1 Å². The lowest BCUT2D eigenvalue weighted by Gasteiger charge is -2.32. The molecule has 1 N–H and O–H groups in total. The molecular weight excluding hydrogens is 456 g/mol. The molecule has 4 aromatic rings. The van der Waals surface area contributed by atoms with Gasteiger partial charge in [0.05, 0.1) is 11.6 Å². The van der Waals surface area contributed by atoms with Crippen molar-refractivity contribution in [2.75, 3.05) is 6.79 Å². The van der Waals surface area contributed by atoms with Gasteiger partial charge in [-0.1, -0.05) is 24.6 Å². The fraction of sp³-hybridized carbons (Fsp3) is 0.407. The molecule has 0 aliphatic carbocycles. The van der Waals surface area contributed by atoms with Crippen LogP contribution in [0, 0.1) is 6.92 Å². The molecule has 1 aliphatic rings. The molecule has 0 saturated heterocycles. The molecule has 3 heterocycles. The third-order valence-corrected chi connectivity index (χ3v) is 6.53. The van der Waals surface area contributed by atoms with Gasteiger partial charge in [-0.3, -0.25) is 9.69 Å². The number of nitrogens with one attached hydrogen (secondary N) is 1. The minimum Gasteiger partial charge on any atom is -0.454 e. The van der Waals surface area contributed by atoms with Gasteiger partial charge in [0.1, 0.15) is 0 Å². The Labute approximate surface area is 210 Å². The zero-order valence-electron chi connectivity index (χ0n) is 21.4. The highest BCUT2D eigenvalue weighted by atomic mass is 16.7. The summed E-state index contributed by atoms with van der Waals surface area (Å²) < 4.78 is 13.0. The third-order valence-electron chi connectivity index (χ3n) is 6.53. The van der Waals surface area contributed by atoms with E-state index in [0.717, 1.165) is 45.8 Å². The van der Waals surface area contributed by atoms with Crippen molar-refractivity contribution < 1.29 is 9.47 Å². The standard InChI is InChI=1S/C27H32N6O3/c1-6-22(25-29-30-31-33(25)27(3,4)5)32(14-18-8-10-23-24(12-18)36-16-35-23)15-20-13-19-11-17(2)7-9-21(19)28-26(20)34/h7-13,22H,6,14-16H2,1-5H3,(H,28,34)/t22-/m1/s1. The molecule has 0 radical (unpaired) electrons. The fourth-order valence-corrected chi connectivity index (χ4v) is 4.74. The molecule has 1 aliphatic heterocycles. The Morgan fingerprint density at radius 1 is 1.08 bits per heavy atom. The van der Waals surface area contributed by atoms with E-state index in [-0.39, 0.29) is 23.9 Å². The Hall–Kier alpha value is -3.72. The highest BCUT2D eigenvalue weighted by Crippen LogP contribution is 2.34. The van der Waals surface area contributed by atoms with Gasteiger partial charge >= 0.3 is 0 Å². The predicted octanol–water partition coefficient (Wildman–Crippen LogP) is 4.46. The number of hydrogen-bond donors (Lipinski definition) is 1. The second-order valence-corrected chi connectivity index (χ2v) is 10.4. The second kappa shape index (κ2) is 9.39. The highest BCUT2D eigenvalue weighted by Gasteiger charge is 2.30. The minimum atomic E-state index is -0.283. The molecule has 9 nitrogen and oxygen atoms in total. The van der Waals surface area contributed by atoms with E-state index in [1.165, 1.54) is 0 Å². The summed E-state index contributed by atoms with van der Waals surface area (Å²) in [6.45, 7) is 11.7. The summed E-state index contributed by atoms with van der Waals surface area (Å²) in [4.78, 5) is 18.4. The van der Waals surface area contributed by atoms with Crippen molar-refractivity contribution in [3.8, 4) is 11.5 Å². The quantitative estimate of drug-likeness (QED) is 0.410. The Balaban J connectivity index is 1.56. The van der Waals surface area contributed by atoms with E-state index in [4.69, 9.17) is 9.47 Å². The van der Waals surface area contributed by atoms with Crippen LogP contribution in [0.4, 0.5) is 0 Å². The molecule has 9 heteroatoms. The molecule has 188 valence electrons. The Morgan fingerprint density at radius 3 is 2.67 bits per heavy atom. The van der Waals surface area contributed by atoms with E-state index in [1.807, 2.05) is 41.1 Å². The minimum absolute atomic E-state index is 0.0905. The summed E-state index contributed by atoms with van der Waals surface area (Å²) in [5.74, 6) is 2.26. The summed E-state index contributed by atoms with van der Waals surface area (Å²) in [7, 11) is 0. The molecule has 0 bridgehead atoms. The third kappa shape index (κ3) is 4.70. The number of aryl methyl sites for hydroxylation is 1. The van der Waals surface area contributed by atoms with Crippen LogP contribution in [0.1, 0.15) is 62.7 Å². The van der Waals surface area contributed by atoms with Crippen molar-refractivity contribution in [3.05, 3.63) is 75.3 Å². The van der Waals surface area contributed by atoms with Crippen molar-refractivity contribution >= 4 is 10.9 Å². The monoisotopic (exact) mass is 488 g/mol. The first-order valence-corrected chi connectivity index (χ1v) is 12.3.